The van der Waals surface area contributed by atoms with Gasteiger partial charge in [0.15, 0.2) is 0 Å². The van der Waals surface area contributed by atoms with Crippen molar-refractivity contribution in [2.75, 3.05) is 0 Å². The van der Waals surface area contributed by atoms with E-state index in [-0.39, 0.29) is 72.8 Å². The lowest BCUT2D eigenvalue weighted by Crippen LogP contribution is -2.43. The van der Waals surface area contributed by atoms with E-state index >= 15 is 26.3 Å². The van der Waals surface area contributed by atoms with E-state index in [4.69, 9.17) is 0 Å². The molecule has 0 amide bonds. The molecule has 52 heavy (non-hydrogen) atoms. The Hall–Kier alpha value is -3.66. The van der Waals surface area contributed by atoms with Gasteiger partial charge in [-0.25, -0.2) is 39.5 Å². The summed E-state index contributed by atoms with van der Waals surface area (Å²) in [5.41, 5.74) is -20.9. The molecule has 22 heteroatoms. The molecule has 3 fully saturated rings. The summed E-state index contributed by atoms with van der Waals surface area (Å²) in [6.07, 6.45) is -26.1. The summed E-state index contributed by atoms with van der Waals surface area (Å²) in [5, 5.41) is 0. The smallest absolute Gasteiger partial charge is 0.348 e. The number of halogens is 18. The first kappa shape index (κ1) is 38.1. The molecule has 3 unspecified atom stereocenters. The fraction of sp³-hybridized carbons (Fsp3) is 0.400. The van der Waals surface area contributed by atoms with Crippen LogP contribution in [0.2, 0.25) is 0 Å². The van der Waals surface area contributed by atoms with Crippen LogP contribution in [0.3, 0.4) is 0 Å². The molecule has 0 N–H and O–H groups in total. The number of benzene rings is 3. The second kappa shape index (κ2) is 11.2. The highest BCUT2D eigenvalue weighted by Crippen LogP contribution is 2.69. The van der Waals surface area contributed by atoms with Gasteiger partial charge < -0.3 is 14.0 Å². The Morgan fingerprint density at radius 1 is 0.385 bits per heavy atom. The molecule has 0 spiro atoms. The van der Waals surface area contributed by atoms with Gasteiger partial charge in [0.2, 0.25) is 35.5 Å². The maximum Gasteiger partial charge on any atom is 0.646 e. The molecule has 0 saturated heterocycles. The van der Waals surface area contributed by atoms with Gasteiger partial charge in [-0.2, -0.15) is 39.5 Å². The SMILES string of the molecule is FC1[C@@](F)(OB(O[C@]2(F)C(F)[C@@]2(F)c2ccc(C(F)(F)F)cc2)O[C@]2(F)C(F)[C@@]2(F)c2ccc(C(F)(F)F)cc2)[C@]1(F)c1ccc(C(F)(F)F)cc1. The molecule has 0 bridgehead atoms. The Balaban J connectivity index is 1.33. The summed E-state index contributed by atoms with van der Waals surface area (Å²) < 4.78 is 268. The van der Waals surface area contributed by atoms with E-state index in [1.807, 2.05) is 0 Å². The van der Waals surface area contributed by atoms with Crippen LogP contribution >= 0.6 is 0 Å². The summed E-state index contributed by atoms with van der Waals surface area (Å²) in [4.78, 5) is 0. The average molecular weight is 776 g/mol. The van der Waals surface area contributed by atoms with Gasteiger partial charge in [-0.05, 0) is 53.1 Å². The zero-order valence-corrected chi connectivity index (χ0v) is 24.8. The summed E-state index contributed by atoms with van der Waals surface area (Å²) in [6, 6.07) is 1.96. The van der Waals surface area contributed by atoms with Crippen LogP contribution in [0.1, 0.15) is 33.4 Å². The molecular weight excluding hydrogens is 761 g/mol. The topological polar surface area (TPSA) is 27.7 Å². The molecule has 0 radical (unpaired) electrons. The van der Waals surface area contributed by atoms with E-state index in [2.05, 4.69) is 14.0 Å². The molecule has 3 aromatic carbocycles. The van der Waals surface area contributed by atoms with Crippen molar-refractivity contribution in [1.82, 2.24) is 0 Å². The standard InChI is InChI=1S/C30H15BF18O3/c32-19-22(35,13-1-7-16(8-2-13)28(41,42)43)25(19,38)50-31(51-26(39)20(33)23(26,36)14-3-9-17(10-4-14)29(44,45)46)52-27(40)21(34)24(27,37)15-5-11-18(12-6-15)30(47,48)49/h1-12,19-21H/t19?,20?,21?,22-,23-,24-,25+,26+,27+/m0/s1. The van der Waals surface area contributed by atoms with Crippen molar-refractivity contribution in [2.45, 2.75) is 71.6 Å². The largest absolute Gasteiger partial charge is 0.646 e. The molecule has 0 aromatic heterocycles. The Morgan fingerprint density at radius 3 is 0.750 bits per heavy atom. The summed E-state index contributed by atoms with van der Waals surface area (Å²) in [7, 11) is -3.94. The first-order chi connectivity index (χ1) is 23.6. The molecule has 9 atom stereocenters. The van der Waals surface area contributed by atoms with Crippen molar-refractivity contribution in [3.63, 3.8) is 0 Å². The van der Waals surface area contributed by atoms with Crippen LogP contribution in [0.15, 0.2) is 72.8 Å². The fourth-order valence-corrected chi connectivity index (χ4v) is 5.69. The summed E-state index contributed by atoms with van der Waals surface area (Å²) in [5.74, 6) is -14.0. The monoisotopic (exact) mass is 776 g/mol. The van der Waals surface area contributed by atoms with E-state index in [1.165, 1.54) is 0 Å². The lowest BCUT2D eigenvalue weighted by atomic mass is 10.0. The third-order valence-corrected chi connectivity index (χ3v) is 8.96. The number of rotatable bonds is 9. The molecule has 6 rings (SSSR count). The maximum atomic E-state index is 15.8. The van der Waals surface area contributed by atoms with Crippen molar-refractivity contribution in [3.8, 4) is 0 Å². The molecule has 0 heterocycles. The van der Waals surface area contributed by atoms with Gasteiger partial charge in [-0.3, -0.25) is 0 Å². The van der Waals surface area contributed by atoms with Crippen molar-refractivity contribution in [1.29, 1.82) is 0 Å². The molecule has 3 aliphatic rings. The van der Waals surface area contributed by atoms with Crippen LogP contribution in [0.4, 0.5) is 79.0 Å². The van der Waals surface area contributed by atoms with E-state index in [0.717, 1.165) is 0 Å². The Bertz CT molecular complexity index is 1630. The number of hydrogen-bond acceptors (Lipinski definition) is 3. The van der Waals surface area contributed by atoms with Crippen LogP contribution in [0.5, 0.6) is 0 Å². The first-order valence-electron chi connectivity index (χ1n) is 14.3. The van der Waals surface area contributed by atoms with Crippen LogP contribution in [0, 0.1) is 0 Å². The summed E-state index contributed by atoms with van der Waals surface area (Å²) >= 11 is 0. The molecule has 0 aliphatic heterocycles. The molecule has 3 saturated carbocycles. The quantitative estimate of drug-likeness (QED) is 0.160. The summed E-state index contributed by atoms with van der Waals surface area (Å²) in [6.45, 7) is 0. The van der Waals surface area contributed by atoms with Gasteiger partial charge in [0.25, 0.3) is 17.6 Å². The second-order valence-corrected chi connectivity index (χ2v) is 12.0. The highest BCUT2D eigenvalue weighted by atomic mass is 19.4. The van der Waals surface area contributed by atoms with Gasteiger partial charge in [0, 0.05) is 0 Å². The minimum Gasteiger partial charge on any atom is -0.348 e. The zero-order valence-electron chi connectivity index (χ0n) is 24.8. The van der Waals surface area contributed by atoms with Gasteiger partial charge in [-0.15, -0.1) is 0 Å². The van der Waals surface area contributed by atoms with E-state index < -0.39 is 112 Å². The van der Waals surface area contributed by atoms with Gasteiger partial charge in [-0.1, -0.05) is 36.4 Å². The maximum absolute atomic E-state index is 15.8. The van der Waals surface area contributed by atoms with E-state index in [1.54, 1.807) is 0 Å². The fourth-order valence-electron chi connectivity index (χ4n) is 5.69. The molecule has 3 nitrogen and oxygen atoms in total. The van der Waals surface area contributed by atoms with Crippen molar-refractivity contribution in [2.24, 2.45) is 0 Å². The van der Waals surface area contributed by atoms with Crippen molar-refractivity contribution < 1.29 is 93.0 Å². The van der Waals surface area contributed by atoms with Crippen LogP contribution in [-0.4, -0.2) is 43.4 Å². The van der Waals surface area contributed by atoms with Crippen LogP contribution in [-0.2, 0) is 49.5 Å². The molecule has 282 valence electrons. The predicted octanol–water partition coefficient (Wildman–Crippen LogP) is 9.72. The average Bonchev–Trinajstić information content (AvgIpc) is 3.83. The van der Waals surface area contributed by atoms with E-state index in [0.29, 0.717) is 0 Å². The van der Waals surface area contributed by atoms with Gasteiger partial charge >= 0.3 is 25.9 Å². The Kier molecular flexibility index (Phi) is 8.19. The van der Waals surface area contributed by atoms with Crippen molar-refractivity contribution in [3.05, 3.63) is 106 Å². The lowest BCUT2D eigenvalue weighted by Gasteiger charge is -2.23. The minimum absolute atomic E-state index is 0.137. The van der Waals surface area contributed by atoms with E-state index in [9.17, 15) is 52.7 Å². The third-order valence-electron chi connectivity index (χ3n) is 8.96. The van der Waals surface area contributed by atoms with Crippen LogP contribution < -0.4 is 0 Å². The van der Waals surface area contributed by atoms with Gasteiger partial charge in [0.05, 0.1) is 16.7 Å². The first-order valence-corrected chi connectivity index (χ1v) is 14.3. The van der Waals surface area contributed by atoms with Crippen LogP contribution in [0.25, 0.3) is 0 Å². The van der Waals surface area contributed by atoms with Gasteiger partial charge in [0.1, 0.15) is 0 Å². The Morgan fingerprint density at radius 2 is 0.577 bits per heavy atom. The highest BCUT2D eigenvalue weighted by molar-refractivity contribution is 6.37. The molecular formula is C30H15BF18O3. The zero-order chi connectivity index (χ0) is 38.9. The normalized spacial score (nSPS) is 37.2. The lowest BCUT2D eigenvalue weighted by molar-refractivity contribution is -0.150. The minimum atomic E-state index is -5.04. The number of alkyl halides is 18. The van der Waals surface area contributed by atoms with Crippen molar-refractivity contribution >= 4 is 7.32 Å². The second-order valence-electron chi connectivity index (χ2n) is 12.0. The number of hydrogen-bond donors (Lipinski definition) is 0. The Labute approximate surface area is 278 Å². The molecule has 3 aliphatic carbocycles. The third kappa shape index (κ3) is 5.28. The highest BCUT2D eigenvalue weighted by Gasteiger charge is 2.91. The molecule has 3 aromatic rings. The predicted molar refractivity (Wildman–Crippen MR) is 138 cm³/mol.